The van der Waals surface area contributed by atoms with Crippen LogP contribution in [0.25, 0.3) is 0 Å². The lowest BCUT2D eigenvalue weighted by Crippen LogP contribution is -1.99. The quantitative estimate of drug-likeness (QED) is 0.590. The minimum absolute atomic E-state index is 0.000782. The third kappa shape index (κ3) is 3.15. The zero-order chi connectivity index (χ0) is 9.68. The Bertz CT molecular complexity index is 370. The Labute approximate surface area is 80.7 Å². The van der Waals surface area contributed by atoms with Gasteiger partial charge in [0.15, 0.2) is 0 Å². The van der Waals surface area contributed by atoms with Gasteiger partial charge in [-0.2, -0.15) is 4.99 Å². The Morgan fingerprint density at radius 3 is 3.00 bits per heavy atom. The van der Waals surface area contributed by atoms with Crippen molar-refractivity contribution in [1.29, 1.82) is 0 Å². The summed E-state index contributed by atoms with van der Waals surface area (Å²) < 4.78 is 0. The predicted molar refractivity (Wildman–Crippen MR) is 52.5 cm³/mol. The van der Waals surface area contributed by atoms with Crippen LogP contribution in [0.3, 0.4) is 0 Å². The Morgan fingerprint density at radius 2 is 2.38 bits per heavy atom. The van der Waals surface area contributed by atoms with Crippen LogP contribution in [0.4, 0.5) is 5.69 Å². The lowest BCUT2D eigenvalue weighted by molar-refractivity contribution is -0.136. The zero-order valence-corrected chi connectivity index (χ0v) is 7.54. The van der Waals surface area contributed by atoms with E-state index >= 15 is 0 Å². The number of rotatable bonds is 3. The first-order chi connectivity index (χ1) is 6.22. The molecule has 0 saturated heterocycles. The van der Waals surface area contributed by atoms with Crippen LogP contribution in [0.15, 0.2) is 29.3 Å². The third-order valence-corrected chi connectivity index (χ3v) is 1.53. The maximum absolute atomic E-state index is 10.4. The van der Waals surface area contributed by atoms with Gasteiger partial charge in [-0.3, -0.25) is 4.79 Å². The van der Waals surface area contributed by atoms with Crippen molar-refractivity contribution in [3.63, 3.8) is 0 Å². The Balaban J connectivity index is 2.91. The van der Waals surface area contributed by atoms with Gasteiger partial charge in [-0.1, -0.05) is 12.1 Å². The number of carbonyl (C=O) groups is 1. The van der Waals surface area contributed by atoms with Crippen molar-refractivity contribution in [3.8, 4) is 0 Å². The highest BCUT2D eigenvalue weighted by molar-refractivity contribution is 7.78. The highest BCUT2D eigenvalue weighted by Crippen LogP contribution is 2.13. The molecule has 0 heterocycles. The standard InChI is InChI=1S/C9H7NO2S/c11-9(12)5-7-2-1-3-8(4-7)10-6-13/h1-4H,5H2,(H,11,12). The molecule has 0 aliphatic carbocycles. The van der Waals surface area contributed by atoms with Gasteiger partial charge in [0.1, 0.15) is 0 Å². The van der Waals surface area contributed by atoms with Crippen LogP contribution < -0.4 is 0 Å². The average Bonchev–Trinajstić information content (AvgIpc) is 2.04. The molecule has 0 amide bonds. The summed E-state index contributed by atoms with van der Waals surface area (Å²) in [6, 6.07) is 6.89. The number of aliphatic carboxylic acids is 1. The Morgan fingerprint density at radius 1 is 1.62 bits per heavy atom. The molecule has 3 nitrogen and oxygen atoms in total. The van der Waals surface area contributed by atoms with Crippen molar-refractivity contribution < 1.29 is 9.90 Å². The van der Waals surface area contributed by atoms with Crippen LogP contribution in [0.5, 0.6) is 0 Å². The van der Waals surface area contributed by atoms with Gasteiger partial charge in [0.2, 0.25) is 0 Å². The number of hydrogen-bond acceptors (Lipinski definition) is 3. The number of nitrogens with zero attached hydrogens (tertiary/aromatic N) is 1. The molecule has 66 valence electrons. The second-order valence-electron chi connectivity index (χ2n) is 2.44. The van der Waals surface area contributed by atoms with Crippen molar-refractivity contribution in [2.75, 3.05) is 0 Å². The summed E-state index contributed by atoms with van der Waals surface area (Å²) >= 11 is 4.43. The van der Waals surface area contributed by atoms with Crippen LogP contribution in [0.2, 0.25) is 0 Å². The highest BCUT2D eigenvalue weighted by atomic mass is 32.1. The molecule has 0 atom stereocenters. The molecule has 0 saturated carbocycles. The van der Waals surface area contributed by atoms with Crippen molar-refractivity contribution >= 4 is 29.0 Å². The van der Waals surface area contributed by atoms with E-state index in [1.165, 1.54) is 0 Å². The fourth-order valence-corrected chi connectivity index (χ4v) is 1.07. The van der Waals surface area contributed by atoms with E-state index in [4.69, 9.17) is 5.11 Å². The number of hydrogen-bond donors (Lipinski definition) is 1. The Hall–Kier alpha value is -1.51. The molecule has 4 heteroatoms. The van der Waals surface area contributed by atoms with Crippen LogP contribution in [0, 0.1) is 0 Å². The summed E-state index contributed by atoms with van der Waals surface area (Å²) in [4.78, 5) is 14.1. The Kier molecular flexibility index (Phi) is 3.31. The first-order valence-corrected chi connectivity index (χ1v) is 4.02. The van der Waals surface area contributed by atoms with E-state index < -0.39 is 5.97 Å². The maximum atomic E-state index is 10.4. The van der Waals surface area contributed by atoms with Gasteiger partial charge in [0.25, 0.3) is 0 Å². The van der Waals surface area contributed by atoms with E-state index in [1.807, 2.05) is 0 Å². The van der Waals surface area contributed by atoms with E-state index in [0.29, 0.717) is 11.3 Å². The zero-order valence-electron chi connectivity index (χ0n) is 6.73. The van der Waals surface area contributed by atoms with Crippen LogP contribution in [-0.2, 0) is 11.2 Å². The van der Waals surface area contributed by atoms with Gasteiger partial charge in [-0.25, -0.2) is 0 Å². The molecule has 0 unspecified atom stereocenters. The lowest BCUT2D eigenvalue weighted by atomic mass is 10.1. The fourth-order valence-electron chi connectivity index (χ4n) is 0.963. The molecule has 0 aliphatic heterocycles. The molecule has 1 N–H and O–H groups in total. The number of aliphatic imine (C=N–C) groups is 1. The number of benzene rings is 1. The average molecular weight is 193 g/mol. The van der Waals surface area contributed by atoms with E-state index in [9.17, 15) is 4.79 Å². The van der Waals surface area contributed by atoms with Crippen molar-refractivity contribution in [1.82, 2.24) is 0 Å². The summed E-state index contributed by atoms with van der Waals surface area (Å²) in [6.45, 7) is 0. The summed E-state index contributed by atoms with van der Waals surface area (Å²) in [5.74, 6) is -0.858. The van der Waals surface area contributed by atoms with Crippen molar-refractivity contribution in [2.45, 2.75) is 6.42 Å². The van der Waals surface area contributed by atoms with E-state index in [2.05, 4.69) is 22.4 Å². The summed E-state index contributed by atoms with van der Waals surface area (Å²) in [7, 11) is 0. The van der Waals surface area contributed by atoms with Crippen molar-refractivity contribution in [2.24, 2.45) is 4.99 Å². The summed E-state index contributed by atoms with van der Waals surface area (Å²) in [5.41, 5.74) is 1.34. The van der Waals surface area contributed by atoms with Crippen LogP contribution in [-0.4, -0.2) is 16.2 Å². The fraction of sp³-hybridized carbons (Fsp3) is 0.111. The molecular formula is C9H7NO2S. The molecule has 0 radical (unpaired) electrons. The van der Waals surface area contributed by atoms with Gasteiger partial charge in [-0.15, -0.1) is 0 Å². The lowest BCUT2D eigenvalue weighted by Gasteiger charge is -1.96. The van der Waals surface area contributed by atoms with E-state index in [-0.39, 0.29) is 6.42 Å². The second kappa shape index (κ2) is 4.50. The SMILES string of the molecule is O=C(O)Cc1cccc(N=C=S)c1. The first-order valence-electron chi connectivity index (χ1n) is 3.61. The summed E-state index contributed by atoms with van der Waals surface area (Å²) in [6.07, 6.45) is 0.000782. The van der Waals surface area contributed by atoms with E-state index in [1.54, 1.807) is 24.3 Å². The van der Waals surface area contributed by atoms with Gasteiger partial charge >= 0.3 is 5.97 Å². The van der Waals surface area contributed by atoms with Gasteiger partial charge in [-0.05, 0) is 29.9 Å². The largest absolute Gasteiger partial charge is 0.481 e. The molecule has 1 rings (SSSR count). The smallest absolute Gasteiger partial charge is 0.307 e. The minimum atomic E-state index is -0.858. The topological polar surface area (TPSA) is 49.7 Å². The minimum Gasteiger partial charge on any atom is -0.481 e. The first kappa shape index (κ1) is 9.58. The van der Waals surface area contributed by atoms with Gasteiger partial charge in [0.05, 0.1) is 17.3 Å². The number of thiocarbonyl (C=S) groups is 1. The maximum Gasteiger partial charge on any atom is 0.307 e. The van der Waals surface area contributed by atoms with Crippen molar-refractivity contribution in [3.05, 3.63) is 29.8 Å². The number of carboxylic acids is 1. The van der Waals surface area contributed by atoms with E-state index in [0.717, 1.165) is 0 Å². The van der Waals surface area contributed by atoms with Crippen LogP contribution in [0.1, 0.15) is 5.56 Å². The highest BCUT2D eigenvalue weighted by Gasteiger charge is 1.99. The number of isothiocyanates is 1. The predicted octanol–water partition coefficient (Wildman–Crippen LogP) is 2.05. The molecule has 13 heavy (non-hydrogen) atoms. The third-order valence-electron chi connectivity index (χ3n) is 1.44. The van der Waals surface area contributed by atoms with Crippen LogP contribution >= 0.6 is 12.2 Å². The molecular weight excluding hydrogens is 186 g/mol. The molecule has 0 bridgehead atoms. The molecule has 0 fully saturated rings. The molecule has 0 aliphatic rings. The molecule has 1 aromatic rings. The monoisotopic (exact) mass is 193 g/mol. The molecule has 0 aromatic heterocycles. The second-order valence-corrected chi connectivity index (χ2v) is 2.63. The van der Waals surface area contributed by atoms with Gasteiger partial charge in [0, 0.05) is 0 Å². The normalized spacial score (nSPS) is 8.92. The molecule has 0 spiro atoms. The number of carboxylic acid groups (broad SMARTS) is 1. The van der Waals surface area contributed by atoms with Gasteiger partial charge < -0.3 is 5.11 Å². The summed E-state index contributed by atoms with van der Waals surface area (Å²) in [5, 5.41) is 10.7. The molecule has 1 aromatic carbocycles.